The highest BCUT2D eigenvalue weighted by Gasteiger charge is 2.97. The average molecular weight is 814 g/mol. The summed E-state index contributed by atoms with van der Waals surface area (Å²) in [5.41, 5.74) is 0. The molecule has 0 atom stereocenters. The predicted molar refractivity (Wildman–Crippen MR) is 116 cm³/mol. The van der Waals surface area contributed by atoms with E-state index >= 15 is 0 Å². The van der Waals surface area contributed by atoms with Gasteiger partial charge in [-0.2, -0.15) is 112 Å². The van der Waals surface area contributed by atoms with E-state index in [0.717, 1.165) is 10.1 Å². The molecule has 0 spiro atoms. The molecule has 2 aliphatic rings. The fourth-order valence-corrected chi connectivity index (χ4v) is 4.97. The first-order valence-corrected chi connectivity index (χ1v) is 14.3. The summed E-state index contributed by atoms with van der Waals surface area (Å²) in [5.74, 6) is -78.1. The molecule has 0 amide bonds. The van der Waals surface area contributed by atoms with Crippen LogP contribution in [-0.4, -0.2) is 129 Å². The van der Waals surface area contributed by atoms with Gasteiger partial charge in [0.2, 0.25) is 0 Å². The van der Waals surface area contributed by atoms with Gasteiger partial charge in [0.05, 0.1) is 33.0 Å². The molecule has 8 nitrogen and oxygen atoms in total. The van der Waals surface area contributed by atoms with Gasteiger partial charge in [0.25, 0.3) is 0 Å². The summed E-state index contributed by atoms with van der Waals surface area (Å²) < 4.78 is 322. The molecule has 2 fully saturated rings. The third-order valence-electron chi connectivity index (χ3n) is 6.61. The van der Waals surface area contributed by atoms with Gasteiger partial charge in [-0.15, -0.1) is 0 Å². The molecule has 0 aromatic heterocycles. The van der Waals surface area contributed by atoms with Crippen LogP contribution in [0.25, 0.3) is 0 Å². The quantitative estimate of drug-likeness (QED) is 0.119. The molecule has 0 aliphatic carbocycles. The zero-order chi connectivity index (χ0) is 39.3. The van der Waals surface area contributed by atoms with Crippen molar-refractivity contribution >= 4 is 7.82 Å². The molecule has 0 radical (unpaired) electrons. The van der Waals surface area contributed by atoms with Crippen molar-refractivity contribution in [3.8, 4) is 0 Å². The molecule has 30 heteroatoms. The zero-order valence-corrected chi connectivity index (χ0v) is 24.7. The second kappa shape index (κ2) is 14.0. The van der Waals surface area contributed by atoms with Crippen molar-refractivity contribution in [1.82, 2.24) is 10.1 Å². The first-order chi connectivity index (χ1) is 22.1. The summed E-state index contributed by atoms with van der Waals surface area (Å²) in [5, 5.41) is 1.44. The van der Waals surface area contributed by atoms with Gasteiger partial charge >= 0.3 is 67.3 Å². The lowest BCUT2D eigenvalue weighted by Crippen LogP contribution is -2.76. The van der Waals surface area contributed by atoms with Crippen molar-refractivity contribution in [1.29, 1.82) is 0 Å². The van der Waals surface area contributed by atoms with Crippen molar-refractivity contribution in [2.45, 2.75) is 65.9 Å². The van der Waals surface area contributed by atoms with E-state index in [1.54, 1.807) is 0 Å². The molecule has 0 aromatic rings. The van der Waals surface area contributed by atoms with Crippen molar-refractivity contribution in [2.75, 3.05) is 59.2 Å². The van der Waals surface area contributed by atoms with E-state index in [9.17, 15) is 96.8 Å². The number of alkyl halides is 21. The molecule has 50 heavy (non-hydrogen) atoms. The Kier molecular flexibility index (Phi) is 12.5. The number of nitrogens with zero attached hydrogens (tertiary/aromatic N) is 2. The lowest BCUT2D eigenvalue weighted by atomic mass is 9.86. The molecule has 0 saturated carbocycles. The second-order valence-electron chi connectivity index (χ2n) is 10.1. The lowest BCUT2D eigenvalue weighted by molar-refractivity contribution is -0.474. The molecular formula is C20H20F21N2O6P. The standard InChI is InChI=1S/C20H20F21N2O6P/c21-11(22,1-6-47-50(44,48-42-2-7-45-8-3-42)49-43-4-9-46-10-5-43)12(23,24)13(25,26)14(27,28)15(29,30)16(31,32)17(33,34)18(35,36)19(37,38)20(39,40)41/h1-10H2. The van der Waals surface area contributed by atoms with Gasteiger partial charge in [-0.1, -0.05) is 0 Å². The van der Waals surface area contributed by atoms with E-state index in [4.69, 9.17) is 18.7 Å². The van der Waals surface area contributed by atoms with Crippen LogP contribution in [0.1, 0.15) is 6.42 Å². The Morgan fingerprint density at radius 1 is 0.460 bits per heavy atom. The molecule has 0 aromatic carbocycles. The number of ether oxygens (including phenoxy) is 2. The van der Waals surface area contributed by atoms with Crippen molar-refractivity contribution in [3.05, 3.63) is 0 Å². The average Bonchev–Trinajstić information content (AvgIpc) is 2.96. The minimum atomic E-state index is -9.26. The molecule has 0 bridgehead atoms. The summed E-state index contributed by atoms with van der Waals surface area (Å²) in [6.07, 6.45) is -11.2. The Morgan fingerprint density at radius 2 is 0.740 bits per heavy atom. The third-order valence-corrected chi connectivity index (χ3v) is 7.97. The van der Waals surface area contributed by atoms with Crippen LogP contribution >= 0.6 is 7.82 Å². The van der Waals surface area contributed by atoms with Crippen LogP contribution in [0.5, 0.6) is 0 Å². The van der Waals surface area contributed by atoms with Crippen LogP contribution in [0.4, 0.5) is 92.2 Å². The summed E-state index contributed by atoms with van der Waals surface area (Å²) in [6.45, 7) is -3.99. The van der Waals surface area contributed by atoms with Crippen molar-refractivity contribution in [2.24, 2.45) is 0 Å². The van der Waals surface area contributed by atoms with Gasteiger partial charge < -0.3 is 9.47 Å². The van der Waals surface area contributed by atoms with Gasteiger partial charge in [-0.3, -0.25) is 4.52 Å². The number of phosphoric acid groups is 1. The Hall–Kier alpha value is -1.52. The minimum absolute atomic E-state index is 0.150. The number of hydrogen-bond donors (Lipinski definition) is 0. The van der Waals surface area contributed by atoms with Crippen LogP contribution in [-0.2, 0) is 27.8 Å². The maximum absolute atomic E-state index is 14.3. The zero-order valence-electron chi connectivity index (χ0n) is 23.8. The van der Waals surface area contributed by atoms with Crippen LogP contribution in [0.15, 0.2) is 0 Å². The van der Waals surface area contributed by atoms with Crippen LogP contribution in [0.2, 0.25) is 0 Å². The Labute approximate surface area is 264 Å². The van der Waals surface area contributed by atoms with Crippen molar-refractivity contribution in [3.63, 3.8) is 0 Å². The number of morpholine rings is 2. The van der Waals surface area contributed by atoms with Crippen LogP contribution < -0.4 is 0 Å². The topological polar surface area (TPSA) is 69.7 Å². The summed E-state index contributed by atoms with van der Waals surface area (Å²) >= 11 is 0. The number of halogens is 21. The van der Waals surface area contributed by atoms with Gasteiger partial charge in [0.15, 0.2) is 0 Å². The van der Waals surface area contributed by atoms with Crippen LogP contribution in [0.3, 0.4) is 0 Å². The molecule has 2 aliphatic heterocycles. The summed E-state index contributed by atoms with van der Waals surface area (Å²) in [7, 11) is -5.37. The lowest BCUT2D eigenvalue weighted by Gasteiger charge is -2.44. The second-order valence-corrected chi connectivity index (χ2v) is 11.6. The van der Waals surface area contributed by atoms with E-state index in [2.05, 4.69) is 4.52 Å². The maximum Gasteiger partial charge on any atom is 0.508 e. The number of hydroxylamine groups is 4. The van der Waals surface area contributed by atoms with Crippen LogP contribution in [0, 0.1) is 0 Å². The Balaban J connectivity index is 2.41. The van der Waals surface area contributed by atoms with E-state index < -0.39 is 80.3 Å². The first kappa shape index (κ1) is 44.6. The molecular weight excluding hydrogens is 794 g/mol. The first-order valence-electron chi connectivity index (χ1n) is 12.9. The van der Waals surface area contributed by atoms with Gasteiger partial charge in [0.1, 0.15) is 0 Å². The molecule has 2 rings (SSSR count). The highest BCUT2D eigenvalue weighted by Crippen LogP contribution is 2.66. The predicted octanol–water partition coefficient (Wildman–Crippen LogP) is 7.31. The normalized spacial score (nSPS) is 20.0. The monoisotopic (exact) mass is 814 g/mol. The largest absolute Gasteiger partial charge is 0.508 e. The molecule has 2 heterocycles. The fraction of sp³-hybridized carbons (Fsp3) is 1.00. The molecule has 0 unspecified atom stereocenters. The molecule has 2 saturated heterocycles. The number of rotatable bonds is 16. The SMILES string of the molecule is O=P(OCCC(F)(F)C(F)(F)C(F)(F)C(F)(F)C(F)(F)C(F)(F)C(F)(F)C(F)(F)C(F)(F)C(F)(F)F)(ON1CCOCC1)ON1CCOCC1. The maximum atomic E-state index is 14.3. The number of hydrogen-bond acceptors (Lipinski definition) is 8. The van der Waals surface area contributed by atoms with Gasteiger partial charge in [-0.05, 0) is 0 Å². The molecule has 0 N–H and O–H groups in total. The van der Waals surface area contributed by atoms with E-state index in [0.29, 0.717) is 0 Å². The summed E-state index contributed by atoms with van der Waals surface area (Å²) in [4.78, 5) is 0. The van der Waals surface area contributed by atoms with Crippen molar-refractivity contribution < 1.29 is 120 Å². The van der Waals surface area contributed by atoms with E-state index in [-0.39, 0.29) is 52.6 Å². The fourth-order valence-electron chi connectivity index (χ4n) is 3.63. The third kappa shape index (κ3) is 7.47. The highest BCUT2D eigenvalue weighted by atomic mass is 31.2. The summed E-state index contributed by atoms with van der Waals surface area (Å²) in [6, 6.07) is 0. The smallest absolute Gasteiger partial charge is 0.379 e. The minimum Gasteiger partial charge on any atom is -0.379 e. The van der Waals surface area contributed by atoms with E-state index in [1.165, 1.54) is 0 Å². The van der Waals surface area contributed by atoms with Gasteiger partial charge in [-0.25, -0.2) is 4.57 Å². The van der Waals surface area contributed by atoms with E-state index in [1.807, 2.05) is 0 Å². The highest BCUT2D eigenvalue weighted by molar-refractivity contribution is 7.48. The van der Waals surface area contributed by atoms with Gasteiger partial charge in [0, 0.05) is 32.6 Å². The Bertz CT molecular complexity index is 1180. The Morgan fingerprint density at radius 3 is 1.04 bits per heavy atom. The molecule has 298 valence electrons.